The lowest BCUT2D eigenvalue weighted by molar-refractivity contribution is 0.0146. The molecule has 142 valence electrons. The molecular weight excluding hydrogens is 304 g/mol. The number of likely N-dealkylation sites (tertiary alicyclic amines) is 1. The molecular formula is C19H38N2O3. The van der Waals surface area contributed by atoms with Gasteiger partial charge in [-0.05, 0) is 64.7 Å². The average molecular weight is 343 g/mol. The SMILES string of the molecule is CC(NCC(C)(C)CCCO)C1CCCN(C(=O)OC(C)(C)C)C1. The van der Waals surface area contributed by atoms with Crippen molar-refractivity contribution in [1.29, 1.82) is 0 Å². The number of carbonyl (C=O) groups excluding carboxylic acids is 1. The van der Waals surface area contributed by atoms with Crippen molar-refractivity contribution in [2.75, 3.05) is 26.2 Å². The molecule has 1 rings (SSSR count). The molecule has 0 saturated carbocycles. The number of hydrogen-bond donors (Lipinski definition) is 2. The first-order valence-electron chi connectivity index (χ1n) is 9.36. The van der Waals surface area contributed by atoms with Crippen molar-refractivity contribution in [2.45, 2.75) is 78.9 Å². The summed E-state index contributed by atoms with van der Waals surface area (Å²) in [5.41, 5.74) is -0.263. The van der Waals surface area contributed by atoms with Crippen molar-refractivity contribution < 1.29 is 14.6 Å². The quantitative estimate of drug-likeness (QED) is 0.744. The van der Waals surface area contributed by atoms with E-state index >= 15 is 0 Å². The Labute approximate surface area is 148 Å². The molecule has 2 N–H and O–H groups in total. The number of nitrogens with zero attached hydrogens (tertiary/aromatic N) is 1. The van der Waals surface area contributed by atoms with Crippen LogP contribution in [0.5, 0.6) is 0 Å². The van der Waals surface area contributed by atoms with Gasteiger partial charge in [0.2, 0.25) is 0 Å². The van der Waals surface area contributed by atoms with Gasteiger partial charge in [-0.2, -0.15) is 0 Å². The largest absolute Gasteiger partial charge is 0.444 e. The van der Waals surface area contributed by atoms with Crippen LogP contribution in [0.4, 0.5) is 4.79 Å². The summed E-state index contributed by atoms with van der Waals surface area (Å²) in [4.78, 5) is 14.1. The van der Waals surface area contributed by atoms with Gasteiger partial charge in [0.15, 0.2) is 0 Å². The molecule has 1 amide bonds. The van der Waals surface area contributed by atoms with Crippen molar-refractivity contribution in [1.82, 2.24) is 10.2 Å². The maximum absolute atomic E-state index is 12.3. The monoisotopic (exact) mass is 342 g/mol. The Kier molecular flexibility index (Phi) is 8.00. The van der Waals surface area contributed by atoms with E-state index in [0.717, 1.165) is 45.3 Å². The Bertz CT molecular complexity index is 391. The van der Waals surface area contributed by atoms with Crippen LogP contribution < -0.4 is 5.32 Å². The first-order valence-corrected chi connectivity index (χ1v) is 9.36. The number of aliphatic hydroxyl groups excluding tert-OH is 1. The molecule has 0 radical (unpaired) electrons. The summed E-state index contributed by atoms with van der Waals surface area (Å²) >= 11 is 0. The van der Waals surface area contributed by atoms with E-state index in [1.165, 1.54) is 0 Å². The number of carbonyl (C=O) groups is 1. The maximum Gasteiger partial charge on any atom is 0.410 e. The van der Waals surface area contributed by atoms with E-state index < -0.39 is 5.60 Å². The highest BCUT2D eigenvalue weighted by Gasteiger charge is 2.30. The molecule has 24 heavy (non-hydrogen) atoms. The third kappa shape index (κ3) is 7.84. The summed E-state index contributed by atoms with van der Waals surface area (Å²) in [6.07, 6.45) is 3.84. The van der Waals surface area contributed by atoms with Crippen LogP contribution in [-0.4, -0.2) is 54.0 Å². The minimum absolute atomic E-state index is 0.177. The van der Waals surface area contributed by atoms with Gasteiger partial charge >= 0.3 is 6.09 Å². The van der Waals surface area contributed by atoms with Crippen LogP contribution in [0.1, 0.15) is 67.2 Å². The van der Waals surface area contributed by atoms with Gasteiger partial charge in [-0.1, -0.05) is 13.8 Å². The van der Waals surface area contributed by atoms with E-state index in [1.807, 2.05) is 25.7 Å². The summed E-state index contributed by atoms with van der Waals surface area (Å²) in [6, 6.07) is 0.364. The fourth-order valence-corrected chi connectivity index (χ4v) is 3.16. The number of aliphatic hydroxyl groups is 1. The highest BCUT2D eigenvalue weighted by atomic mass is 16.6. The Morgan fingerprint density at radius 1 is 1.33 bits per heavy atom. The van der Waals surface area contributed by atoms with Gasteiger partial charge in [-0.15, -0.1) is 0 Å². The zero-order valence-corrected chi connectivity index (χ0v) is 16.5. The van der Waals surface area contributed by atoms with Gasteiger partial charge in [-0.25, -0.2) is 4.79 Å². The highest BCUT2D eigenvalue weighted by molar-refractivity contribution is 5.68. The van der Waals surface area contributed by atoms with Crippen LogP contribution in [0.25, 0.3) is 0 Å². The molecule has 0 bridgehead atoms. The van der Waals surface area contributed by atoms with E-state index in [-0.39, 0.29) is 18.1 Å². The van der Waals surface area contributed by atoms with Crippen molar-refractivity contribution in [3.8, 4) is 0 Å². The Hall–Kier alpha value is -0.810. The van der Waals surface area contributed by atoms with Gasteiger partial charge < -0.3 is 20.1 Å². The van der Waals surface area contributed by atoms with E-state index in [4.69, 9.17) is 9.84 Å². The Balaban J connectivity index is 2.47. The van der Waals surface area contributed by atoms with Gasteiger partial charge in [0.1, 0.15) is 5.60 Å². The molecule has 5 nitrogen and oxygen atoms in total. The number of rotatable bonds is 7. The zero-order valence-electron chi connectivity index (χ0n) is 16.5. The van der Waals surface area contributed by atoms with Gasteiger partial charge in [0, 0.05) is 32.3 Å². The average Bonchev–Trinajstić information content (AvgIpc) is 2.49. The highest BCUT2D eigenvalue weighted by Crippen LogP contribution is 2.24. The molecule has 0 aromatic rings. The van der Waals surface area contributed by atoms with Crippen LogP contribution in [0.15, 0.2) is 0 Å². The fraction of sp³-hybridized carbons (Fsp3) is 0.947. The standard InChI is InChI=1S/C19H38N2O3/c1-15(20-14-19(5,6)10-8-12-22)16-9-7-11-21(13-16)17(23)24-18(2,3)4/h15-16,20,22H,7-14H2,1-6H3. The molecule has 1 aliphatic rings. The number of amides is 1. The Morgan fingerprint density at radius 3 is 2.58 bits per heavy atom. The molecule has 1 aliphatic heterocycles. The number of nitrogens with one attached hydrogen (secondary N) is 1. The molecule has 0 spiro atoms. The number of ether oxygens (including phenoxy) is 1. The lowest BCUT2D eigenvalue weighted by Gasteiger charge is -2.38. The molecule has 5 heteroatoms. The lowest BCUT2D eigenvalue weighted by atomic mass is 9.86. The first kappa shape index (κ1) is 21.2. The second kappa shape index (κ2) is 9.04. The molecule has 0 aliphatic carbocycles. The van der Waals surface area contributed by atoms with E-state index in [1.54, 1.807) is 0 Å². The minimum atomic E-state index is -0.440. The first-order chi connectivity index (χ1) is 11.0. The Morgan fingerprint density at radius 2 is 2.00 bits per heavy atom. The number of hydrogen-bond acceptors (Lipinski definition) is 4. The second-order valence-corrected chi connectivity index (χ2v) is 8.99. The van der Waals surface area contributed by atoms with Crippen LogP contribution in [0.2, 0.25) is 0 Å². The van der Waals surface area contributed by atoms with Crippen LogP contribution in [0, 0.1) is 11.3 Å². The second-order valence-electron chi connectivity index (χ2n) is 8.99. The summed E-state index contributed by atoms with van der Waals surface area (Å²) in [5, 5.41) is 12.7. The van der Waals surface area contributed by atoms with Gasteiger partial charge in [0.05, 0.1) is 0 Å². The van der Waals surface area contributed by atoms with Gasteiger partial charge in [-0.3, -0.25) is 0 Å². The molecule has 2 unspecified atom stereocenters. The van der Waals surface area contributed by atoms with Crippen molar-refractivity contribution in [2.24, 2.45) is 11.3 Å². The topological polar surface area (TPSA) is 61.8 Å². The van der Waals surface area contributed by atoms with Crippen molar-refractivity contribution in [3.63, 3.8) is 0 Å². The van der Waals surface area contributed by atoms with E-state index in [2.05, 4.69) is 26.1 Å². The summed E-state index contributed by atoms with van der Waals surface area (Å²) in [5.74, 6) is 0.458. The summed E-state index contributed by atoms with van der Waals surface area (Å²) in [6.45, 7) is 15.1. The summed E-state index contributed by atoms with van der Waals surface area (Å²) in [7, 11) is 0. The summed E-state index contributed by atoms with van der Waals surface area (Å²) < 4.78 is 5.51. The molecule has 1 saturated heterocycles. The smallest absolute Gasteiger partial charge is 0.410 e. The minimum Gasteiger partial charge on any atom is -0.444 e. The fourth-order valence-electron chi connectivity index (χ4n) is 3.16. The predicted octanol–water partition coefficient (Wildman–Crippen LogP) is 3.41. The van der Waals surface area contributed by atoms with Crippen LogP contribution in [0.3, 0.4) is 0 Å². The van der Waals surface area contributed by atoms with Crippen molar-refractivity contribution >= 4 is 6.09 Å². The van der Waals surface area contributed by atoms with Crippen LogP contribution >= 0.6 is 0 Å². The molecule has 1 fully saturated rings. The van der Waals surface area contributed by atoms with E-state index in [9.17, 15) is 4.79 Å². The zero-order chi connectivity index (χ0) is 18.4. The molecule has 1 heterocycles. The lowest BCUT2D eigenvalue weighted by Crippen LogP contribution is -2.49. The third-order valence-corrected chi connectivity index (χ3v) is 4.73. The van der Waals surface area contributed by atoms with Gasteiger partial charge in [0.25, 0.3) is 0 Å². The molecule has 0 aromatic heterocycles. The third-order valence-electron chi connectivity index (χ3n) is 4.73. The molecule has 0 aromatic carbocycles. The van der Waals surface area contributed by atoms with Crippen LogP contribution in [-0.2, 0) is 4.74 Å². The predicted molar refractivity (Wildman–Crippen MR) is 98.1 cm³/mol. The van der Waals surface area contributed by atoms with E-state index in [0.29, 0.717) is 12.0 Å². The normalized spacial score (nSPS) is 20.8. The van der Waals surface area contributed by atoms with Crippen molar-refractivity contribution in [3.05, 3.63) is 0 Å². The maximum atomic E-state index is 12.3. The number of piperidine rings is 1. The molecule has 2 atom stereocenters.